The highest BCUT2D eigenvalue weighted by Gasteiger charge is 2.19. The molecule has 0 radical (unpaired) electrons. The summed E-state index contributed by atoms with van der Waals surface area (Å²) in [6, 6.07) is 0. The fourth-order valence-electron chi connectivity index (χ4n) is 6.67. The zero-order valence-electron chi connectivity index (χ0n) is 38.0. The molecule has 334 valence electrons. The molecule has 0 heterocycles. The van der Waals surface area contributed by atoms with Gasteiger partial charge in [-0.05, 0) is 51.4 Å². The summed E-state index contributed by atoms with van der Waals surface area (Å²) in [6.45, 7) is 6.45. The third-order valence-electron chi connectivity index (χ3n) is 10.3. The van der Waals surface area contributed by atoms with Crippen molar-refractivity contribution >= 4 is 17.9 Å². The SMILES string of the molecule is CC/C=C\C/C=C\C/C=C\C/C=C\C/C=C\CCC(=O)OCC(COC(=O)CCCCCCCCCCCC)OC(=O)CCCCCCCCCCCCCCCC. The fourth-order valence-corrected chi connectivity index (χ4v) is 6.67. The lowest BCUT2D eigenvalue weighted by atomic mass is 10.0. The van der Waals surface area contributed by atoms with Crippen molar-refractivity contribution in [1.29, 1.82) is 0 Å². The van der Waals surface area contributed by atoms with Crippen LogP contribution in [0.4, 0.5) is 0 Å². The lowest BCUT2D eigenvalue weighted by Crippen LogP contribution is -2.30. The molecule has 0 amide bonds. The van der Waals surface area contributed by atoms with Crippen molar-refractivity contribution in [3.8, 4) is 0 Å². The molecule has 0 aliphatic rings. The monoisotopic (exact) mass is 811 g/mol. The Balaban J connectivity index is 4.46. The standard InChI is InChI=1S/C52H90O6/c1-4-7-10-13-16-19-22-24-26-27-29-30-33-36-39-42-45-51(54)57-48-49(47-56-50(53)44-41-38-35-32-21-18-15-12-9-6-3)58-52(55)46-43-40-37-34-31-28-25-23-20-17-14-11-8-5-2/h7,10,16,19,24,26,29-30,36,39,49H,4-6,8-9,11-15,17-18,20-23,25,27-28,31-35,37-38,40-48H2,1-3H3/b10-7-,19-16-,26-24-,30-29-,39-36-. The quantitative estimate of drug-likeness (QED) is 0.0264. The molecule has 0 aromatic rings. The van der Waals surface area contributed by atoms with Crippen LogP contribution in [0.5, 0.6) is 0 Å². The minimum atomic E-state index is -0.798. The third-order valence-corrected chi connectivity index (χ3v) is 10.3. The maximum absolute atomic E-state index is 12.7. The molecule has 1 atom stereocenters. The molecule has 0 bridgehead atoms. The van der Waals surface area contributed by atoms with E-state index in [0.29, 0.717) is 19.3 Å². The zero-order valence-corrected chi connectivity index (χ0v) is 38.0. The number of hydrogen-bond acceptors (Lipinski definition) is 6. The van der Waals surface area contributed by atoms with Crippen LogP contribution in [-0.2, 0) is 28.6 Å². The predicted molar refractivity (Wildman–Crippen MR) is 247 cm³/mol. The molecule has 0 aliphatic heterocycles. The Morgan fingerprint density at radius 3 is 1.05 bits per heavy atom. The van der Waals surface area contributed by atoms with Crippen molar-refractivity contribution in [3.05, 3.63) is 60.8 Å². The Kier molecular flexibility index (Phi) is 44.5. The molecule has 1 unspecified atom stereocenters. The van der Waals surface area contributed by atoms with Gasteiger partial charge in [0.15, 0.2) is 6.10 Å². The molecule has 6 nitrogen and oxygen atoms in total. The van der Waals surface area contributed by atoms with E-state index in [9.17, 15) is 14.4 Å². The van der Waals surface area contributed by atoms with Crippen LogP contribution in [0.25, 0.3) is 0 Å². The number of allylic oxidation sites excluding steroid dienone is 10. The molecular weight excluding hydrogens is 721 g/mol. The van der Waals surface area contributed by atoms with Gasteiger partial charge in [0.25, 0.3) is 0 Å². The second-order valence-electron chi connectivity index (χ2n) is 16.0. The smallest absolute Gasteiger partial charge is 0.306 e. The molecule has 0 aliphatic carbocycles. The molecule has 0 rings (SSSR count). The average Bonchev–Trinajstić information content (AvgIpc) is 3.22. The predicted octanol–water partition coefficient (Wildman–Crippen LogP) is 15.7. The van der Waals surface area contributed by atoms with Crippen molar-refractivity contribution in [2.45, 2.75) is 239 Å². The number of rotatable bonds is 43. The maximum Gasteiger partial charge on any atom is 0.306 e. The van der Waals surface area contributed by atoms with Crippen molar-refractivity contribution in [1.82, 2.24) is 0 Å². The van der Waals surface area contributed by atoms with Crippen LogP contribution in [0.2, 0.25) is 0 Å². The number of carbonyl (C=O) groups is 3. The largest absolute Gasteiger partial charge is 0.462 e. The van der Waals surface area contributed by atoms with Gasteiger partial charge in [0.1, 0.15) is 13.2 Å². The summed E-state index contributed by atoms with van der Waals surface area (Å²) in [5.74, 6) is -0.979. The van der Waals surface area contributed by atoms with Crippen LogP contribution >= 0.6 is 0 Å². The van der Waals surface area contributed by atoms with Gasteiger partial charge in [-0.25, -0.2) is 0 Å². The lowest BCUT2D eigenvalue weighted by molar-refractivity contribution is -0.166. The van der Waals surface area contributed by atoms with E-state index in [1.807, 2.05) is 6.08 Å². The summed E-state index contributed by atoms with van der Waals surface area (Å²) >= 11 is 0. The molecule has 0 saturated heterocycles. The zero-order chi connectivity index (χ0) is 42.3. The highest BCUT2D eigenvalue weighted by Crippen LogP contribution is 2.15. The summed E-state index contributed by atoms with van der Waals surface area (Å²) in [7, 11) is 0. The van der Waals surface area contributed by atoms with Crippen LogP contribution < -0.4 is 0 Å². The number of hydrogen-bond donors (Lipinski definition) is 0. The Morgan fingerprint density at radius 2 is 0.672 bits per heavy atom. The van der Waals surface area contributed by atoms with Gasteiger partial charge in [-0.1, -0.05) is 223 Å². The molecule has 0 saturated carbocycles. The topological polar surface area (TPSA) is 78.9 Å². The van der Waals surface area contributed by atoms with E-state index in [1.165, 1.54) is 116 Å². The summed E-state index contributed by atoms with van der Waals surface area (Å²) in [4.78, 5) is 37.8. The Morgan fingerprint density at radius 1 is 0.362 bits per heavy atom. The van der Waals surface area contributed by atoms with E-state index < -0.39 is 6.10 Å². The van der Waals surface area contributed by atoms with Gasteiger partial charge >= 0.3 is 17.9 Å². The molecule has 0 aromatic carbocycles. The van der Waals surface area contributed by atoms with Gasteiger partial charge < -0.3 is 14.2 Å². The van der Waals surface area contributed by atoms with Gasteiger partial charge in [0.2, 0.25) is 0 Å². The normalized spacial score (nSPS) is 12.5. The van der Waals surface area contributed by atoms with E-state index in [1.54, 1.807) is 0 Å². The lowest BCUT2D eigenvalue weighted by Gasteiger charge is -2.18. The molecule has 0 spiro atoms. The van der Waals surface area contributed by atoms with Gasteiger partial charge in [0, 0.05) is 19.3 Å². The van der Waals surface area contributed by atoms with Crippen LogP contribution in [0, 0.1) is 0 Å². The summed E-state index contributed by atoms with van der Waals surface area (Å²) in [5, 5.41) is 0. The molecular formula is C52H90O6. The Bertz CT molecular complexity index is 1070. The Labute approximate surface area is 358 Å². The van der Waals surface area contributed by atoms with E-state index >= 15 is 0 Å². The second kappa shape index (κ2) is 46.8. The molecule has 0 N–H and O–H groups in total. The van der Waals surface area contributed by atoms with Crippen LogP contribution in [0.15, 0.2) is 60.8 Å². The average molecular weight is 811 g/mol. The first-order chi connectivity index (χ1) is 28.5. The van der Waals surface area contributed by atoms with E-state index in [2.05, 4.69) is 75.5 Å². The number of esters is 3. The van der Waals surface area contributed by atoms with Crippen LogP contribution in [-0.4, -0.2) is 37.2 Å². The maximum atomic E-state index is 12.7. The molecule has 0 aromatic heterocycles. The van der Waals surface area contributed by atoms with E-state index in [4.69, 9.17) is 14.2 Å². The minimum absolute atomic E-state index is 0.0941. The Hall–Kier alpha value is -2.89. The number of unbranched alkanes of at least 4 members (excludes halogenated alkanes) is 22. The van der Waals surface area contributed by atoms with Crippen LogP contribution in [0.1, 0.15) is 233 Å². The van der Waals surface area contributed by atoms with Crippen molar-refractivity contribution in [2.24, 2.45) is 0 Å². The van der Waals surface area contributed by atoms with Crippen molar-refractivity contribution in [2.75, 3.05) is 13.2 Å². The van der Waals surface area contributed by atoms with Crippen molar-refractivity contribution < 1.29 is 28.6 Å². The highest BCUT2D eigenvalue weighted by atomic mass is 16.6. The third kappa shape index (κ3) is 44.2. The van der Waals surface area contributed by atoms with E-state index in [-0.39, 0.29) is 37.5 Å². The first-order valence-corrected chi connectivity index (χ1v) is 24.3. The summed E-state index contributed by atoms with van der Waals surface area (Å²) < 4.78 is 16.7. The summed E-state index contributed by atoms with van der Waals surface area (Å²) in [6.07, 6.45) is 56.4. The first-order valence-electron chi connectivity index (χ1n) is 24.3. The second-order valence-corrected chi connectivity index (χ2v) is 16.0. The number of carbonyl (C=O) groups excluding carboxylic acids is 3. The number of ether oxygens (including phenoxy) is 3. The fraction of sp³-hybridized carbons (Fsp3) is 0.750. The van der Waals surface area contributed by atoms with Crippen LogP contribution in [0.3, 0.4) is 0 Å². The van der Waals surface area contributed by atoms with Crippen molar-refractivity contribution in [3.63, 3.8) is 0 Å². The van der Waals surface area contributed by atoms with Gasteiger partial charge in [0.05, 0.1) is 0 Å². The van der Waals surface area contributed by atoms with Gasteiger partial charge in [-0.15, -0.1) is 0 Å². The summed E-state index contributed by atoms with van der Waals surface area (Å²) in [5.41, 5.74) is 0. The van der Waals surface area contributed by atoms with Gasteiger partial charge in [-0.2, -0.15) is 0 Å². The highest BCUT2D eigenvalue weighted by molar-refractivity contribution is 5.71. The molecule has 58 heavy (non-hydrogen) atoms. The van der Waals surface area contributed by atoms with Gasteiger partial charge in [-0.3, -0.25) is 14.4 Å². The molecule has 6 heteroatoms. The minimum Gasteiger partial charge on any atom is -0.462 e. The molecule has 0 fully saturated rings. The van der Waals surface area contributed by atoms with E-state index in [0.717, 1.165) is 70.6 Å². The first kappa shape index (κ1) is 55.1.